The minimum absolute atomic E-state index is 0.152. The van der Waals surface area contributed by atoms with Crippen LogP contribution in [0.1, 0.15) is 36.6 Å². The largest absolute Gasteiger partial charge is 0.460 e. The van der Waals surface area contributed by atoms with Crippen molar-refractivity contribution in [1.82, 2.24) is 4.72 Å². The highest BCUT2D eigenvalue weighted by atomic mass is 32.2. The lowest BCUT2D eigenvalue weighted by Gasteiger charge is -2.24. The van der Waals surface area contributed by atoms with Crippen molar-refractivity contribution >= 4 is 16.0 Å². The number of carbonyl (C=O) groups excluding carboxylic acids is 1. The third-order valence-corrected chi connectivity index (χ3v) is 6.79. The van der Waals surface area contributed by atoms with Crippen LogP contribution in [0, 0.1) is 12.8 Å². The van der Waals surface area contributed by atoms with E-state index in [2.05, 4.69) is 4.72 Å². The number of allylic oxidation sites excluding steroid dienone is 1. The van der Waals surface area contributed by atoms with Gasteiger partial charge in [0, 0.05) is 6.42 Å². The van der Waals surface area contributed by atoms with Crippen molar-refractivity contribution in [3.8, 4) is 0 Å². The molecule has 0 saturated heterocycles. The molecule has 7 heteroatoms. The van der Waals surface area contributed by atoms with Crippen LogP contribution in [0.5, 0.6) is 0 Å². The Morgan fingerprint density at radius 3 is 2.53 bits per heavy atom. The van der Waals surface area contributed by atoms with E-state index in [-0.39, 0.29) is 4.90 Å². The van der Waals surface area contributed by atoms with E-state index in [0.717, 1.165) is 16.7 Å². The van der Waals surface area contributed by atoms with Gasteiger partial charge in [0.1, 0.15) is 6.10 Å². The zero-order chi connectivity index (χ0) is 21.9. The Labute approximate surface area is 177 Å². The normalized spacial score (nSPS) is 20.7. The van der Waals surface area contributed by atoms with Crippen molar-refractivity contribution in [2.24, 2.45) is 5.92 Å². The van der Waals surface area contributed by atoms with Crippen molar-refractivity contribution in [1.29, 1.82) is 0 Å². The molecule has 0 radical (unpaired) electrons. The number of benzene rings is 2. The standard InChI is InChI=1S/C23H27NO5S/c1-4-7-20(25)16(3)23(26)29-21-14-17-8-5-6-9-19(17)22(21)24-30(27,28)18-12-10-15(2)11-13-18/h4-13,16,20-22,24-25H,14H2,1-3H3/b7-4+/t16-,20-,21+,22-/m1/s1. The van der Waals surface area contributed by atoms with E-state index in [4.69, 9.17) is 4.74 Å². The predicted octanol–water partition coefficient (Wildman–Crippen LogP) is 3.06. The molecule has 0 aliphatic heterocycles. The first-order valence-electron chi connectivity index (χ1n) is 9.91. The second-order valence-electron chi connectivity index (χ2n) is 7.60. The summed E-state index contributed by atoms with van der Waals surface area (Å²) in [7, 11) is -3.82. The van der Waals surface area contributed by atoms with Gasteiger partial charge >= 0.3 is 5.97 Å². The van der Waals surface area contributed by atoms with Gasteiger partial charge in [0.15, 0.2) is 0 Å². The maximum absolute atomic E-state index is 13.0. The molecule has 2 aromatic rings. The van der Waals surface area contributed by atoms with Crippen LogP contribution >= 0.6 is 0 Å². The third-order valence-electron chi connectivity index (χ3n) is 5.34. The number of nitrogens with one attached hydrogen (secondary N) is 1. The Morgan fingerprint density at radius 1 is 1.20 bits per heavy atom. The molecule has 1 aliphatic carbocycles. The Balaban J connectivity index is 1.85. The lowest BCUT2D eigenvalue weighted by molar-refractivity contribution is -0.157. The number of carbonyl (C=O) groups is 1. The summed E-state index contributed by atoms with van der Waals surface area (Å²) in [5, 5.41) is 10.1. The maximum Gasteiger partial charge on any atom is 0.311 e. The van der Waals surface area contributed by atoms with E-state index in [0.29, 0.717) is 6.42 Å². The van der Waals surface area contributed by atoms with Crippen molar-refractivity contribution in [3.05, 3.63) is 77.4 Å². The van der Waals surface area contributed by atoms with Crippen LogP contribution in [0.15, 0.2) is 65.6 Å². The second kappa shape index (κ2) is 9.12. The molecule has 6 nitrogen and oxygen atoms in total. The number of aliphatic hydroxyl groups excluding tert-OH is 1. The number of sulfonamides is 1. The summed E-state index contributed by atoms with van der Waals surface area (Å²) in [6, 6.07) is 13.3. The summed E-state index contributed by atoms with van der Waals surface area (Å²) in [6.45, 7) is 5.22. The summed E-state index contributed by atoms with van der Waals surface area (Å²) in [4.78, 5) is 12.7. The van der Waals surface area contributed by atoms with Crippen LogP contribution in [0.25, 0.3) is 0 Å². The van der Waals surface area contributed by atoms with Gasteiger partial charge in [-0.15, -0.1) is 0 Å². The molecule has 30 heavy (non-hydrogen) atoms. The highest BCUT2D eigenvalue weighted by molar-refractivity contribution is 7.89. The summed E-state index contributed by atoms with van der Waals surface area (Å²) in [5.74, 6) is -1.34. The van der Waals surface area contributed by atoms with Gasteiger partial charge in [0.25, 0.3) is 0 Å². The molecule has 0 saturated carbocycles. The second-order valence-corrected chi connectivity index (χ2v) is 9.31. The van der Waals surface area contributed by atoms with Gasteiger partial charge in [-0.3, -0.25) is 4.79 Å². The molecule has 0 fully saturated rings. The minimum atomic E-state index is -3.82. The Hall–Kier alpha value is -2.48. The molecule has 2 N–H and O–H groups in total. The molecule has 4 atom stereocenters. The molecule has 0 bridgehead atoms. The third kappa shape index (κ3) is 4.80. The summed E-state index contributed by atoms with van der Waals surface area (Å²) < 4.78 is 34.3. The fourth-order valence-electron chi connectivity index (χ4n) is 3.52. The summed E-state index contributed by atoms with van der Waals surface area (Å²) >= 11 is 0. The van der Waals surface area contributed by atoms with Crippen molar-refractivity contribution in [2.45, 2.75) is 50.3 Å². The van der Waals surface area contributed by atoms with Gasteiger partial charge in [-0.05, 0) is 44.0 Å². The van der Waals surface area contributed by atoms with E-state index in [1.54, 1.807) is 44.2 Å². The van der Waals surface area contributed by atoms with E-state index in [9.17, 15) is 18.3 Å². The average molecular weight is 430 g/mol. The fraction of sp³-hybridized carbons (Fsp3) is 0.348. The smallest absolute Gasteiger partial charge is 0.311 e. The van der Waals surface area contributed by atoms with Crippen molar-refractivity contribution in [3.63, 3.8) is 0 Å². The molecule has 0 amide bonds. The predicted molar refractivity (Wildman–Crippen MR) is 114 cm³/mol. The van der Waals surface area contributed by atoms with Crippen LogP contribution in [0.3, 0.4) is 0 Å². The Bertz CT molecular complexity index is 1030. The highest BCUT2D eigenvalue weighted by Crippen LogP contribution is 2.35. The van der Waals surface area contributed by atoms with E-state index >= 15 is 0 Å². The molecule has 0 unspecified atom stereocenters. The number of rotatable bonds is 7. The quantitative estimate of drug-likeness (QED) is 0.521. The zero-order valence-corrected chi connectivity index (χ0v) is 18.1. The highest BCUT2D eigenvalue weighted by Gasteiger charge is 2.39. The first-order valence-corrected chi connectivity index (χ1v) is 11.4. The van der Waals surface area contributed by atoms with Gasteiger partial charge in [0.05, 0.1) is 23.0 Å². The Morgan fingerprint density at radius 2 is 1.87 bits per heavy atom. The van der Waals surface area contributed by atoms with Crippen LogP contribution in [0.2, 0.25) is 0 Å². The van der Waals surface area contributed by atoms with Crippen molar-refractivity contribution in [2.75, 3.05) is 0 Å². The number of hydrogen-bond donors (Lipinski definition) is 2. The molecule has 0 spiro atoms. The molecule has 160 valence electrons. The minimum Gasteiger partial charge on any atom is -0.460 e. The average Bonchev–Trinajstić information content (AvgIpc) is 3.04. The van der Waals surface area contributed by atoms with Gasteiger partial charge in [0.2, 0.25) is 10.0 Å². The van der Waals surface area contributed by atoms with Crippen LogP contribution < -0.4 is 4.72 Å². The monoisotopic (exact) mass is 429 g/mol. The summed E-state index contributed by atoms with van der Waals surface area (Å²) in [6.07, 6.45) is 1.92. The van der Waals surface area contributed by atoms with Gasteiger partial charge in [-0.25, -0.2) is 8.42 Å². The number of aliphatic hydroxyl groups is 1. The zero-order valence-electron chi connectivity index (χ0n) is 17.3. The topological polar surface area (TPSA) is 92.7 Å². The van der Waals surface area contributed by atoms with Gasteiger partial charge in [-0.2, -0.15) is 4.72 Å². The number of hydrogen-bond acceptors (Lipinski definition) is 5. The fourth-order valence-corrected chi connectivity index (χ4v) is 4.76. The summed E-state index contributed by atoms with van der Waals surface area (Å²) in [5.41, 5.74) is 2.67. The molecular weight excluding hydrogens is 402 g/mol. The number of aryl methyl sites for hydroxylation is 1. The number of ether oxygens (including phenoxy) is 1. The first kappa shape index (κ1) is 22.2. The van der Waals surface area contributed by atoms with E-state index in [1.807, 2.05) is 31.2 Å². The van der Waals surface area contributed by atoms with E-state index < -0.39 is 40.2 Å². The first-order chi connectivity index (χ1) is 14.2. The van der Waals surface area contributed by atoms with Gasteiger partial charge in [-0.1, -0.05) is 54.1 Å². The lowest BCUT2D eigenvalue weighted by Crippen LogP contribution is -2.38. The van der Waals surface area contributed by atoms with Gasteiger partial charge < -0.3 is 9.84 Å². The van der Waals surface area contributed by atoms with Crippen molar-refractivity contribution < 1.29 is 23.1 Å². The molecule has 0 heterocycles. The molecule has 3 rings (SSSR count). The molecule has 0 aromatic heterocycles. The Kier molecular flexibility index (Phi) is 6.75. The van der Waals surface area contributed by atoms with Crippen LogP contribution in [0.4, 0.5) is 0 Å². The molecular formula is C23H27NO5S. The van der Waals surface area contributed by atoms with E-state index in [1.165, 1.54) is 6.08 Å². The number of fused-ring (bicyclic) bond motifs is 1. The lowest BCUT2D eigenvalue weighted by atomic mass is 10.0. The van der Waals surface area contributed by atoms with Crippen LogP contribution in [-0.4, -0.2) is 31.7 Å². The molecule has 1 aliphatic rings. The SMILES string of the molecule is C/C=C/[C@@H](O)[C@@H](C)C(=O)O[C@H]1Cc2ccccc2[C@H]1NS(=O)(=O)c1ccc(C)cc1. The number of esters is 1. The van der Waals surface area contributed by atoms with Crippen LogP contribution in [-0.2, 0) is 26.0 Å². The molecule has 2 aromatic carbocycles. The maximum atomic E-state index is 13.0.